The minimum atomic E-state index is 0.728. The third kappa shape index (κ3) is 6.84. The highest BCUT2D eigenvalue weighted by atomic mass is 16.5. The molecule has 0 unspecified atom stereocenters. The van der Waals surface area contributed by atoms with Crippen molar-refractivity contribution < 1.29 is 9.47 Å². The fourth-order valence-corrected chi connectivity index (χ4v) is 1.59. The lowest BCUT2D eigenvalue weighted by atomic mass is 10.4. The largest absolute Gasteiger partial charge is 0.379 e. The summed E-state index contributed by atoms with van der Waals surface area (Å²) in [7, 11) is 0. The molecule has 90 valence electrons. The van der Waals surface area contributed by atoms with Crippen LogP contribution in [0.3, 0.4) is 0 Å². The second-order valence-corrected chi connectivity index (χ2v) is 3.82. The average Bonchev–Trinajstić information content (AvgIpc) is 2.29. The second kappa shape index (κ2) is 9.09. The minimum absolute atomic E-state index is 0.728. The Morgan fingerprint density at radius 3 is 2.33 bits per heavy atom. The zero-order chi connectivity index (χ0) is 10.8. The van der Waals surface area contributed by atoms with Crippen LogP contribution < -0.4 is 5.32 Å². The zero-order valence-electron chi connectivity index (χ0n) is 9.83. The lowest BCUT2D eigenvalue weighted by Gasteiger charge is -2.26. The molecule has 15 heavy (non-hydrogen) atoms. The Morgan fingerprint density at radius 1 is 1.00 bits per heavy atom. The minimum Gasteiger partial charge on any atom is -0.379 e. The van der Waals surface area contributed by atoms with Crippen molar-refractivity contribution in [3.63, 3.8) is 0 Å². The number of nitrogens with one attached hydrogen (secondary N) is 1. The van der Waals surface area contributed by atoms with Crippen molar-refractivity contribution in [2.24, 2.45) is 0 Å². The van der Waals surface area contributed by atoms with Crippen LogP contribution in [0, 0.1) is 0 Å². The molecular weight excluding hydrogens is 192 g/mol. The van der Waals surface area contributed by atoms with E-state index in [1.54, 1.807) is 0 Å². The molecule has 1 fully saturated rings. The van der Waals surface area contributed by atoms with Gasteiger partial charge in [0.25, 0.3) is 0 Å². The highest BCUT2D eigenvalue weighted by molar-refractivity contribution is 4.66. The van der Waals surface area contributed by atoms with Gasteiger partial charge in [-0.1, -0.05) is 6.92 Å². The smallest absolute Gasteiger partial charge is 0.0701 e. The molecule has 0 aliphatic carbocycles. The first-order valence-electron chi connectivity index (χ1n) is 6.02. The fraction of sp³-hybridized carbons (Fsp3) is 1.00. The SMILES string of the molecule is CCCOCCOCCN1CCNCC1. The van der Waals surface area contributed by atoms with Gasteiger partial charge in [-0.25, -0.2) is 0 Å². The highest BCUT2D eigenvalue weighted by Gasteiger charge is 2.07. The summed E-state index contributed by atoms with van der Waals surface area (Å²) in [6.45, 7) is 10.8. The van der Waals surface area contributed by atoms with Crippen LogP contribution in [-0.2, 0) is 9.47 Å². The van der Waals surface area contributed by atoms with Crippen molar-refractivity contribution in [3.8, 4) is 0 Å². The van der Waals surface area contributed by atoms with E-state index in [0.717, 1.165) is 65.6 Å². The zero-order valence-corrected chi connectivity index (χ0v) is 9.83. The summed E-state index contributed by atoms with van der Waals surface area (Å²) in [4.78, 5) is 2.43. The summed E-state index contributed by atoms with van der Waals surface area (Å²) in [5, 5.41) is 3.34. The van der Waals surface area contributed by atoms with Gasteiger partial charge in [0.1, 0.15) is 0 Å². The third-order valence-corrected chi connectivity index (χ3v) is 2.48. The fourth-order valence-electron chi connectivity index (χ4n) is 1.59. The first-order valence-corrected chi connectivity index (χ1v) is 6.02. The molecule has 1 aliphatic rings. The molecule has 0 bridgehead atoms. The van der Waals surface area contributed by atoms with Crippen LogP contribution >= 0.6 is 0 Å². The van der Waals surface area contributed by atoms with E-state index in [0.29, 0.717) is 0 Å². The van der Waals surface area contributed by atoms with Gasteiger partial charge in [0.05, 0.1) is 19.8 Å². The summed E-state index contributed by atoms with van der Waals surface area (Å²) >= 11 is 0. The highest BCUT2D eigenvalue weighted by Crippen LogP contribution is 1.91. The quantitative estimate of drug-likeness (QED) is 0.593. The van der Waals surface area contributed by atoms with E-state index in [1.165, 1.54) is 0 Å². The van der Waals surface area contributed by atoms with E-state index in [-0.39, 0.29) is 0 Å². The first-order chi connectivity index (χ1) is 7.43. The molecule has 0 radical (unpaired) electrons. The number of ether oxygens (including phenoxy) is 2. The lowest BCUT2D eigenvalue weighted by molar-refractivity contribution is 0.0376. The second-order valence-electron chi connectivity index (χ2n) is 3.82. The maximum Gasteiger partial charge on any atom is 0.0701 e. The van der Waals surface area contributed by atoms with Gasteiger partial charge in [0.15, 0.2) is 0 Å². The first kappa shape index (κ1) is 12.9. The Hall–Kier alpha value is -0.160. The van der Waals surface area contributed by atoms with Gasteiger partial charge in [0, 0.05) is 39.3 Å². The molecule has 1 aliphatic heterocycles. The van der Waals surface area contributed by atoms with Gasteiger partial charge in [0.2, 0.25) is 0 Å². The molecule has 1 N–H and O–H groups in total. The summed E-state index contributed by atoms with van der Waals surface area (Å²) in [6.07, 6.45) is 1.08. The Kier molecular flexibility index (Phi) is 7.83. The van der Waals surface area contributed by atoms with Gasteiger partial charge in [-0.2, -0.15) is 0 Å². The molecule has 0 atom stereocenters. The van der Waals surface area contributed by atoms with Crippen LogP contribution in [0.1, 0.15) is 13.3 Å². The molecule has 4 heteroatoms. The van der Waals surface area contributed by atoms with Crippen molar-refractivity contribution in [1.82, 2.24) is 10.2 Å². The van der Waals surface area contributed by atoms with Crippen molar-refractivity contribution in [3.05, 3.63) is 0 Å². The van der Waals surface area contributed by atoms with Crippen molar-refractivity contribution in [2.75, 3.05) is 59.2 Å². The molecule has 0 aromatic rings. The molecule has 1 rings (SSSR count). The molecule has 4 nitrogen and oxygen atoms in total. The van der Waals surface area contributed by atoms with Crippen LogP contribution in [-0.4, -0.2) is 64.1 Å². The molecular formula is C11H24N2O2. The normalized spacial score (nSPS) is 18.2. The van der Waals surface area contributed by atoms with Crippen molar-refractivity contribution in [1.29, 1.82) is 0 Å². The number of piperazine rings is 1. The van der Waals surface area contributed by atoms with Gasteiger partial charge >= 0.3 is 0 Å². The van der Waals surface area contributed by atoms with E-state index < -0.39 is 0 Å². The monoisotopic (exact) mass is 216 g/mol. The number of rotatable bonds is 8. The Morgan fingerprint density at radius 2 is 1.67 bits per heavy atom. The molecule has 0 spiro atoms. The standard InChI is InChI=1S/C11H24N2O2/c1-2-8-14-10-11-15-9-7-13-5-3-12-4-6-13/h12H,2-11H2,1H3. The summed E-state index contributed by atoms with van der Waals surface area (Å²) in [5.41, 5.74) is 0. The predicted octanol–water partition coefficient (Wildman–Crippen LogP) is 0.335. The van der Waals surface area contributed by atoms with Gasteiger partial charge < -0.3 is 14.8 Å². The maximum atomic E-state index is 5.50. The van der Waals surface area contributed by atoms with Crippen LogP contribution in [0.2, 0.25) is 0 Å². The van der Waals surface area contributed by atoms with E-state index in [9.17, 15) is 0 Å². The summed E-state index contributed by atoms with van der Waals surface area (Å²) in [6, 6.07) is 0. The molecule has 0 saturated carbocycles. The average molecular weight is 216 g/mol. The van der Waals surface area contributed by atoms with Crippen LogP contribution in [0.25, 0.3) is 0 Å². The van der Waals surface area contributed by atoms with Crippen LogP contribution in [0.5, 0.6) is 0 Å². The van der Waals surface area contributed by atoms with Crippen molar-refractivity contribution in [2.45, 2.75) is 13.3 Å². The Labute approximate surface area is 92.9 Å². The predicted molar refractivity (Wildman–Crippen MR) is 61.2 cm³/mol. The Balaban J connectivity index is 1.79. The van der Waals surface area contributed by atoms with E-state index in [2.05, 4.69) is 17.1 Å². The number of hydrogen-bond acceptors (Lipinski definition) is 4. The van der Waals surface area contributed by atoms with Crippen molar-refractivity contribution >= 4 is 0 Å². The molecule has 1 saturated heterocycles. The lowest BCUT2D eigenvalue weighted by Crippen LogP contribution is -2.44. The van der Waals surface area contributed by atoms with Gasteiger partial charge in [-0.05, 0) is 6.42 Å². The molecule has 0 aromatic heterocycles. The third-order valence-electron chi connectivity index (χ3n) is 2.48. The van der Waals surface area contributed by atoms with Gasteiger partial charge in [-0.15, -0.1) is 0 Å². The number of hydrogen-bond donors (Lipinski definition) is 1. The Bertz CT molecular complexity index is 139. The molecule has 0 aromatic carbocycles. The van der Waals surface area contributed by atoms with E-state index in [4.69, 9.17) is 9.47 Å². The van der Waals surface area contributed by atoms with Gasteiger partial charge in [-0.3, -0.25) is 4.90 Å². The maximum absolute atomic E-state index is 5.50. The number of nitrogens with zero attached hydrogens (tertiary/aromatic N) is 1. The van der Waals surface area contributed by atoms with E-state index >= 15 is 0 Å². The summed E-state index contributed by atoms with van der Waals surface area (Å²) in [5.74, 6) is 0. The topological polar surface area (TPSA) is 33.7 Å². The molecule has 1 heterocycles. The molecule has 0 amide bonds. The van der Waals surface area contributed by atoms with E-state index in [1.807, 2.05) is 0 Å². The van der Waals surface area contributed by atoms with Crippen LogP contribution in [0.4, 0.5) is 0 Å². The van der Waals surface area contributed by atoms with Crippen LogP contribution in [0.15, 0.2) is 0 Å². The summed E-state index contributed by atoms with van der Waals surface area (Å²) < 4.78 is 10.8.